The molecule has 2 heterocycles. The summed E-state index contributed by atoms with van der Waals surface area (Å²) < 4.78 is 7.55. The molecule has 0 aliphatic carbocycles. The molecule has 1 aromatic heterocycles. The lowest BCUT2D eigenvalue weighted by atomic mass is 10.2. The Labute approximate surface area is 222 Å². The summed E-state index contributed by atoms with van der Waals surface area (Å²) >= 11 is 4.47. The van der Waals surface area contributed by atoms with Crippen molar-refractivity contribution in [2.45, 2.75) is 12.8 Å². The summed E-state index contributed by atoms with van der Waals surface area (Å²) in [7, 11) is 1.62. The van der Waals surface area contributed by atoms with Crippen LogP contribution in [0.25, 0.3) is 0 Å². The third-order valence-corrected chi connectivity index (χ3v) is 6.38. The zero-order valence-corrected chi connectivity index (χ0v) is 22.3. The van der Waals surface area contributed by atoms with Gasteiger partial charge in [-0.25, -0.2) is 5.43 Å². The SMILES string of the molecule is COc1c(I)cc(I)cc1C=NNc1nc(Nc2ccc([N+](=O)[O-])cc2)nc(N2CCCC2)n1. The first-order chi connectivity index (χ1) is 16.4. The molecule has 3 aromatic rings. The van der Waals surface area contributed by atoms with Crippen LogP contribution in [0.4, 0.5) is 29.2 Å². The number of methoxy groups -OCH3 is 1. The number of ether oxygens (including phenoxy) is 1. The maximum absolute atomic E-state index is 10.9. The number of hydrogen-bond donors (Lipinski definition) is 2. The minimum atomic E-state index is -0.442. The topological polar surface area (TPSA) is 131 Å². The fraction of sp³-hybridized carbons (Fsp3) is 0.238. The summed E-state index contributed by atoms with van der Waals surface area (Å²) in [6.45, 7) is 1.73. The Kier molecular flexibility index (Phi) is 7.91. The number of aromatic nitrogens is 3. The minimum absolute atomic E-state index is 0.0105. The van der Waals surface area contributed by atoms with Gasteiger partial charge in [0, 0.05) is 40.0 Å². The first kappa shape index (κ1) is 24.3. The molecule has 1 aliphatic rings. The van der Waals surface area contributed by atoms with Gasteiger partial charge in [-0.15, -0.1) is 0 Å². The molecule has 0 spiro atoms. The molecule has 1 saturated heterocycles. The lowest BCUT2D eigenvalue weighted by molar-refractivity contribution is -0.384. The number of nitro benzene ring substituents is 1. The second-order valence-corrected chi connectivity index (χ2v) is 9.69. The smallest absolute Gasteiger partial charge is 0.269 e. The van der Waals surface area contributed by atoms with Crippen LogP contribution in [-0.4, -0.2) is 46.3 Å². The van der Waals surface area contributed by atoms with Crippen LogP contribution >= 0.6 is 45.2 Å². The van der Waals surface area contributed by atoms with Crippen LogP contribution < -0.4 is 20.4 Å². The summed E-state index contributed by atoms with van der Waals surface area (Å²) in [4.78, 5) is 26.0. The van der Waals surface area contributed by atoms with E-state index in [0.717, 1.165) is 44.4 Å². The van der Waals surface area contributed by atoms with Crippen LogP contribution in [0.15, 0.2) is 41.5 Å². The van der Waals surface area contributed by atoms with E-state index in [2.05, 4.69) is 80.9 Å². The van der Waals surface area contributed by atoms with Crippen molar-refractivity contribution < 1.29 is 9.66 Å². The highest BCUT2D eigenvalue weighted by Crippen LogP contribution is 2.27. The molecule has 1 aliphatic heterocycles. The minimum Gasteiger partial charge on any atom is -0.495 e. The van der Waals surface area contributed by atoms with Gasteiger partial charge >= 0.3 is 0 Å². The molecular formula is C21H20I2N8O3. The highest BCUT2D eigenvalue weighted by molar-refractivity contribution is 14.1. The number of nitrogens with one attached hydrogen (secondary N) is 2. The number of hydrogen-bond acceptors (Lipinski definition) is 10. The molecule has 11 nitrogen and oxygen atoms in total. The molecule has 0 radical (unpaired) electrons. The molecule has 0 unspecified atom stereocenters. The molecule has 0 saturated carbocycles. The number of benzene rings is 2. The molecule has 0 atom stereocenters. The highest BCUT2D eigenvalue weighted by Gasteiger charge is 2.18. The fourth-order valence-electron chi connectivity index (χ4n) is 3.38. The highest BCUT2D eigenvalue weighted by atomic mass is 127. The van der Waals surface area contributed by atoms with Gasteiger partial charge in [-0.05, 0) is 82.3 Å². The lowest BCUT2D eigenvalue weighted by Crippen LogP contribution is -2.21. The van der Waals surface area contributed by atoms with Gasteiger partial charge in [0.25, 0.3) is 5.69 Å². The van der Waals surface area contributed by atoms with Crippen molar-refractivity contribution in [2.75, 3.05) is 35.8 Å². The Balaban J connectivity index is 1.58. The number of anilines is 4. The third kappa shape index (κ3) is 5.99. The molecule has 2 N–H and O–H groups in total. The maximum atomic E-state index is 10.9. The Morgan fingerprint density at radius 2 is 1.82 bits per heavy atom. The van der Waals surface area contributed by atoms with Crippen molar-refractivity contribution in [3.8, 4) is 5.75 Å². The van der Waals surface area contributed by atoms with E-state index in [1.807, 2.05) is 12.1 Å². The van der Waals surface area contributed by atoms with Crippen LogP contribution in [0.2, 0.25) is 0 Å². The summed E-state index contributed by atoms with van der Waals surface area (Å²) in [6, 6.07) is 10.0. The molecule has 0 bridgehead atoms. The van der Waals surface area contributed by atoms with E-state index < -0.39 is 4.92 Å². The lowest BCUT2D eigenvalue weighted by Gasteiger charge is -2.16. The Morgan fingerprint density at radius 3 is 2.50 bits per heavy atom. The second kappa shape index (κ2) is 11.1. The molecular weight excluding hydrogens is 666 g/mol. The van der Waals surface area contributed by atoms with Crippen molar-refractivity contribution in [3.05, 3.63) is 59.2 Å². The van der Waals surface area contributed by atoms with Gasteiger partial charge in [0.2, 0.25) is 17.8 Å². The average Bonchev–Trinajstić information content (AvgIpc) is 3.34. The Morgan fingerprint density at radius 1 is 1.12 bits per heavy atom. The Hall–Kier alpha value is -2.82. The van der Waals surface area contributed by atoms with Gasteiger partial charge in [0.05, 0.1) is 21.8 Å². The van der Waals surface area contributed by atoms with Gasteiger partial charge < -0.3 is 15.0 Å². The Bertz CT molecular complexity index is 1220. The standard InChI is InChI=1S/C21H20I2N8O3/c1-34-18-13(10-14(22)11-17(18)23)12-24-29-20-26-19(27-21(28-20)30-8-2-3-9-30)25-15-4-6-16(7-5-15)31(32)33/h4-7,10-12H,2-3,8-9H2,1H3,(H2,25,26,27,28,29). The van der Waals surface area contributed by atoms with Crippen LogP contribution in [0.3, 0.4) is 0 Å². The third-order valence-electron chi connectivity index (χ3n) is 4.96. The van der Waals surface area contributed by atoms with Crippen LogP contribution in [0.5, 0.6) is 5.75 Å². The van der Waals surface area contributed by atoms with Crippen LogP contribution in [0.1, 0.15) is 18.4 Å². The number of rotatable bonds is 8. The largest absolute Gasteiger partial charge is 0.495 e. The van der Waals surface area contributed by atoms with Crippen molar-refractivity contribution >= 4 is 80.6 Å². The van der Waals surface area contributed by atoms with Crippen molar-refractivity contribution in [1.29, 1.82) is 0 Å². The number of hydrazone groups is 1. The monoisotopic (exact) mass is 686 g/mol. The fourth-order valence-corrected chi connectivity index (χ4v) is 5.49. The molecule has 2 aromatic carbocycles. The van der Waals surface area contributed by atoms with E-state index in [1.165, 1.54) is 12.1 Å². The predicted octanol–water partition coefficient (Wildman–Crippen LogP) is 4.79. The summed E-state index contributed by atoms with van der Waals surface area (Å²) in [5, 5.41) is 18.3. The number of nitrogens with zero attached hydrogens (tertiary/aromatic N) is 6. The van der Waals surface area contributed by atoms with Gasteiger partial charge in [-0.2, -0.15) is 20.1 Å². The zero-order valence-electron chi connectivity index (χ0n) is 18.0. The number of non-ortho nitro benzene ring substituents is 1. The average molecular weight is 686 g/mol. The van der Waals surface area contributed by atoms with Crippen LogP contribution in [0, 0.1) is 17.3 Å². The maximum Gasteiger partial charge on any atom is 0.269 e. The molecule has 1 fully saturated rings. The second-order valence-electron chi connectivity index (χ2n) is 7.29. The molecule has 176 valence electrons. The zero-order chi connectivity index (χ0) is 24.1. The summed E-state index contributed by atoms with van der Waals surface area (Å²) in [5.74, 6) is 1.86. The molecule has 34 heavy (non-hydrogen) atoms. The quantitative estimate of drug-likeness (QED) is 0.149. The predicted molar refractivity (Wildman–Crippen MR) is 147 cm³/mol. The van der Waals surface area contributed by atoms with Crippen molar-refractivity contribution in [1.82, 2.24) is 15.0 Å². The van der Waals surface area contributed by atoms with E-state index in [1.54, 1.807) is 25.5 Å². The molecule has 0 amide bonds. The molecule has 4 rings (SSSR count). The van der Waals surface area contributed by atoms with E-state index in [-0.39, 0.29) is 11.6 Å². The number of nitro groups is 1. The van der Waals surface area contributed by atoms with Gasteiger partial charge in [-0.3, -0.25) is 10.1 Å². The van der Waals surface area contributed by atoms with Crippen molar-refractivity contribution in [2.24, 2.45) is 5.10 Å². The van der Waals surface area contributed by atoms with Gasteiger partial charge in [0.1, 0.15) is 5.75 Å². The van der Waals surface area contributed by atoms with E-state index in [9.17, 15) is 10.1 Å². The first-order valence-corrected chi connectivity index (χ1v) is 12.4. The van der Waals surface area contributed by atoms with E-state index in [4.69, 9.17) is 4.74 Å². The van der Waals surface area contributed by atoms with Crippen LogP contribution in [-0.2, 0) is 0 Å². The number of halogens is 2. The van der Waals surface area contributed by atoms with E-state index in [0.29, 0.717) is 17.6 Å². The van der Waals surface area contributed by atoms with E-state index >= 15 is 0 Å². The first-order valence-electron chi connectivity index (χ1n) is 10.3. The summed E-state index contributed by atoms with van der Waals surface area (Å²) in [6.07, 6.45) is 3.80. The normalized spacial score (nSPS) is 13.3. The van der Waals surface area contributed by atoms with Gasteiger partial charge in [-0.1, -0.05) is 0 Å². The van der Waals surface area contributed by atoms with Gasteiger partial charge in [0.15, 0.2) is 0 Å². The van der Waals surface area contributed by atoms with Crippen molar-refractivity contribution in [3.63, 3.8) is 0 Å². The molecule has 13 heteroatoms. The summed E-state index contributed by atoms with van der Waals surface area (Å²) in [5.41, 5.74) is 4.34.